The zero-order valence-corrected chi connectivity index (χ0v) is 14.8. The third-order valence-electron chi connectivity index (χ3n) is 5.31. The van der Waals surface area contributed by atoms with Gasteiger partial charge in [0.05, 0.1) is 0 Å². The fraction of sp³-hybridized carbons (Fsp3) is 0.391. The number of allylic oxidation sites excluding steroid dienone is 1. The van der Waals surface area contributed by atoms with Gasteiger partial charge < -0.3 is 0 Å². The second-order valence-electron chi connectivity index (χ2n) is 7.18. The van der Waals surface area contributed by atoms with Crippen LogP contribution in [0.3, 0.4) is 0 Å². The molecule has 0 bridgehead atoms. The molecule has 0 unspecified atom stereocenters. The van der Waals surface area contributed by atoms with Crippen molar-refractivity contribution in [2.45, 2.75) is 45.4 Å². The summed E-state index contributed by atoms with van der Waals surface area (Å²) in [5.41, 5.74) is 2.75. The number of rotatable bonds is 5. The van der Waals surface area contributed by atoms with Crippen molar-refractivity contribution in [3.63, 3.8) is 0 Å². The van der Waals surface area contributed by atoms with Gasteiger partial charge in [0.2, 0.25) is 0 Å². The molecule has 1 saturated carbocycles. The monoisotopic (exact) mass is 340 g/mol. The van der Waals surface area contributed by atoms with Crippen LogP contribution in [0.1, 0.15) is 51.0 Å². The number of hydrogen-bond donors (Lipinski definition) is 0. The number of halogens is 2. The molecule has 0 amide bonds. The predicted molar refractivity (Wildman–Crippen MR) is 101 cm³/mol. The molecule has 0 nitrogen and oxygen atoms in total. The van der Waals surface area contributed by atoms with Crippen LogP contribution >= 0.6 is 0 Å². The van der Waals surface area contributed by atoms with Crippen molar-refractivity contribution in [3.05, 3.63) is 65.7 Å². The second-order valence-corrected chi connectivity index (χ2v) is 7.18. The smallest absolute Gasteiger partial charge is 0.159 e. The molecule has 0 saturated heterocycles. The maximum atomic E-state index is 13.4. The highest BCUT2D eigenvalue weighted by molar-refractivity contribution is 5.65. The van der Waals surface area contributed by atoms with Gasteiger partial charge in [-0.15, -0.1) is 0 Å². The Morgan fingerprint density at radius 1 is 0.880 bits per heavy atom. The van der Waals surface area contributed by atoms with E-state index >= 15 is 0 Å². The first kappa shape index (κ1) is 17.8. The lowest BCUT2D eigenvalue weighted by Gasteiger charge is -2.26. The van der Waals surface area contributed by atoms with E-state index in [1.165, 1.54) is 50.7 Å². The third kappa shape index (κ3) is 4.78. The van der Waals surface area contributed by atoms with Gasteiger partial charge in [-0.25, -0.2) is 8.78 Å². The lowest BCUT2D eigenvalue weighted by Crippen LogP contribution is -2.12. The van der Waals surface area contributed by atoms with Gasteiger partial charge in [-0.2, -0.15) is 0 Å². The van der Waals surface area contributed by atoms with Gasteiger partial charge in [0.1, 0.15) is 0 Å². The molecule has 132 valence electrons. The minimum Gasteiger partial charge on any atom is -0.204 e. The Bertz CT molecular complexity index is 707. The van der Waals surface area contributed by atoms with Gasteiger partial charge in [0.25, 0.3) is 0 Å². The van der Waals surface area contributed by atoms with Gasteiger partial charge in [-0.05, 0) is 66.3 Å². The molecular weight excluding hydrogens is 314 g/mol. The summed E-state index contributed by atoms with van der Waals surface area (Å²) in [5, 5.41) is 0. The zero-order chi connectivity index (χ0) is 17.6. The van der Waals surface area contributed by atoms with Crippen molar-refractivity contribution in [1.82, 2.24) is 0 Å². The van der Waals surface area contributed by atoms with Crippen molar-refractivity contribution < 1.29 is 8.78 Å². The highest BCUT2D eigenvalue weighted by atomic mass is 19.2. The summed E-state index contributed by atoms with van der Waals surface area (Å²) in [7, 11) is 0. The molecule has 0 spiro atoms. The lowest BCUT2D eigenvalue weighted by molar-refractivity contribution is 0.295. The third-order valence-corrected chi connectivity index (χ3v) is 5.31. The Labute approximate surface area is 149 Å². The minimum absolute atomic E-state index is 0.693. The van der Waals surface area contributed by atoms with E-state index in [1.807, 2.05) is 24.3 Å². The summed E-state index contributed by atoms with van der Waals surface area (Å²) in [5.74, 6) is 0.0149. The molecule has 25 heavy (non-hydrogen) atoms. The molecule has 1 aliphatic carbocycles. The minimum atomic E-state index is -0.808. The predicted octanol–water partition coefficient (Wildman–Crippen LogP) is 7.25. The van der Waals surface area contributed by atoms with Crippen LogP contribution in [0.4, 0.5) is 8.78 Å². The first-order chi connectivity index (χ1) is 12.2. The molecule has 0 N–H and O–H groups in total. The van der Waals surface area contributed by atoms with Gasteiger partial charge >= 0.3 is 0 Å². The number of hydrogen-bond acceptors (Lipinski definition) is 0. The Kier molecular flexibility index (Phi) is 6.01. The summed E-state index contributed by atoms with van der Waals surface area (Å²) >= 11 is 0. The van der Waals surface area contributed by atoms with Crippen molar-refractivity contribution in [2.24, 2.45) is 11.8 Å². The summed E-state index contributed by atoms with van der Waals surface area (Å²) in [4.78, 5) is 0. The largest absolute Gasteiger partial charge is 0.204 e. The van der Waals surface area contributed by atoms with E-state index in [-0.39, 0.29) is 0 Å². The molecule has 0 radical (unpaired) electrons. The zero-order valence-electron chi connectivity index (χ0n) is 14.8. The van der Waals surface area contributed by atoms with E-state index < -0.39 is 11.6 Å². The quantitative estimate of drug-likeness (QED) is 0.537. The molecule has 1 aliphatic rings. The molecule has 3 rings (SSSR count). The van der Waals surface area contributed by atoms with Crippen LogP contribution in [0.15, 0.2) is 48.5 Å². The second kappa shape index (κ2) is 8.42. The fourth-order valence-electron chi connectivity index (χ4n) is 3.79. The maximum absolute atomic E-state index is 13.4. The van der Waals surface area contributed by atoms with Crippen molar-refractivity contribution >= 4 is 6.08 Å². The molecule has 0 aliphatic heterocycles. The molecule has 2 aromatic rings. The lowest BCUT2D eigenvalue weighted by atomic mass is 9.80. The molecule has 0 atom stereocenters. The molecular formula is C23H26F2. The van der Waals surface area contributed by atoms with Crippen LogP contribution in [0.2, 0.25) is 0 Å². The standard InChI is InChI=1S/C23H26F2/c1-2-3-17-4-6-18(7-5-17)8-9-19-10-12-20(13-11-19)21-14-15-22(24)23(25)16-21/h8-18H,2-7H2,1H3/t17-,18-. The Balaban J connectivity index is 1.60. The van der Waals surface area contributed by atoms with Crippen LogP contribution in [0.25, 0.3) is 17.2 Å². The Hall–Kier alpha value is -1.96. The summed E-state index contributed by atoms with van der Waals surface area (Å²) in [6.45, 7) is 2.27. The average molecular weight is 340 g/mol. The van der Waals surface area contributed by atoms with E-state index in [9.17, 15) is 8.78 Å². The summed E-state index contributed by atoms with van der Waals surface area (Å²) < 4.78 is 26.4. The fourth-order valence-corrected chi connectivity index (χ4v) is 3.79. The SMILES string of the molecule is CCC[C@H]1CC[C@H](C=Cc2ccc(-c3ccc(F)c(F)c3)cc2)CC1. The first-order valence-electron chi connectivity index (χ1n) is 9.39. The summed E-state index contributed by atoms with van der Waals surface area (Å²) in [6, 6.07) is 12.0. The Morgan fingerprint density at radius 2 is 1.56 bits per heavy atom. The van der Waals surface area contributed by atoms with Crippen LogP contribution in [0.5, 0.6) is 0 Å². The average Bonchev–Trinajstić information content (AvgIpc) is 2.64. The van der Waals surface area contributed by atoms with Crippen LogP contribution < -0.4 is 0 Å². The van der Waals surface area contributed by atoms with Gasteiger partial charge in [-0.1, -0.05) is 62.2 Å². The summed E-state index contributed by atoms with van der Waals surface area (Å²) in [6.07, 6.45) is 12.5. The van der Waals surface area contributed by atoms with Gasteiger partial charge in [0.15, 0.2) is 11.6 Å². The van der Waals surface area contributed by atoms with E-state index in [0.29, 0.717) is 11.5 Å². The molecule has 1 fully saturated rings. The Morgan fingerprint density at radius 3 is 2.20 bits per heavy atom. The van der Waals surface area contributed by atoms with E-state index in [0.717, 1.165) is 17.0 Å². The van der Waals surface area contributed by atoms with Crippen molar-refractivity contribution in [3.8, 4) is 11.1 Å². The van der Waals surface area contributed by atoms with E-state index in [1.54, 1.807) is 6.07 Å². The number of benzene rings is 2. The normalized spacial score (nSPS) is 20.9. The maximum Gasteiger partial charge on any atom is 0.159 e. The van der Waals surface area contributed by atoms with E-state index in [2.05, 4.69) is 19.1 Å². The highest BCUT2D eigenvalue weighted by Gasteiger charge is 2.18. The van der Waals surface area contributed by atoms with Gasteiger partial charge in [0, 0.05) is 0 Å². The van der Waals surface area contributed by atoms with Gasteiger partial charge in [-0.3, -0.25) is 0 Å². The van der Waals surface area contributed by atoms with Crippen molar-refractivity contribution in [2.75, 3.05) is 0 Å². The molecule has 0 aromatic heterocycles. The van der Waals surface area contributed by atoms with E-state index in [4.69, 9.17) is 0 Å². The van der Waals surface area contributed by atoms with Crippen molar-refractivity contribution in [1.29, 1.82) is 0 Å². The first-order valence-corrected chi connectivity index (χ1v) is 9.39. The topological polar surface area (TPSA) is 0 Å². The molecule has 2 aromatic carbocycles. The van der Waals surface area contributed by atoms with Crippen LogP contribution in [-0.2, 0) is 0 Å². The van der Waals surface area contributed by atoms with Crippen LogP contribution in [-0.4, -0.2) is 0 Å². The van der Waals surface area contributed by atoms with Crippen LogP contribution in [0, 0.1) is 23.5 Å². The molecule has 0 heterocycles. The highest BCUT2D eigenvalue weighted by Crippen LogP contribution is 2.32. The molecule has 2 heteroatoms.